The maximum absolute atomic E-state index is 10.5. The molecule has 0 aliphatic carbocycles. The van der Waals surface area contributed by atoms with Gasteiger partial charge in [-0.1, -0.05) is 32.5 Å². The Balaban J connectivity index is 0. The van der Waals surface area contributed by atoms with Crippen LogP contribution < -0.4 is 0 Å². The van der Waals surface area contributed by atoms with Gasteiger partial charge in [0.25, 0.3) is 10.1 Å². The predicted octanol–water partition coefficient (Wildman–Crippen LogP) is 0.883. The van der Waals surface area contributed by atoms with E-state index in [1.54, 1.807) is 0 Å². The summed E-state index contributed by atoms with van der Waals surface area (Å²) in [6, 6.07) is 0.951. The fourth-order valence-corrected chi connectivity index (χ4v) is 7.12. The van der Waals surface area contributed by atoms with Crippen LogP contribution in [0, 0.1) is 0 Å². The van der Waals surface area contributed by atoms with Gasteiger partial charge in [-0.3, -0.25) is 4.55 Å². The molecule has 0 rings (SSSR count). The number of rotatable bonds is 4. The van der Waals surface area contributed by atoms with Gasteiger partial charge in [0.1, 0.15) is 0 Å². The molecule has 0 saturated heterocycles. The van der Waals surface area contributed by atoms with Crippen molar-refractivity contribution in [3.63, 3.8) is 0 Å². The molecule has 0 radical (unpaired) electrons. The predicted molar refractivity (Wildman–Crippen MR) is 56.1 cm³/mol. The molecule has 12 heavy (non-hydrogen) atoms. The normalized spacial score (nSPS) is 12.3. The van der Waals surface area contributed by atoms with E-state index in [1.165, 1.54) is 0 Å². The minimum atomic E-state index is -3.74. The standard InChI is InChI=1S/C6H16O3SSi.Na.H/c1-4-5-11(2,3)6-10(7,8)9;;/h4-6H2,1-3H3,(H,7,8,9);;. The van der Waals surface area contributed by atoms with Crippen LogP contribution in [0.1, 0.15) is 13.3 Å². The number of hydrogen-bond donors (Lipinski definition) is 1. The van der Waals surface area contributed by atoms with Crippen molar-refractivity contribution in [3.05, 3.63) is 0 Å². The Labute approximate surface area is 98.0 Å². The third-order valence-corrected chi connectivity index (χ3v) is 7.94. The Morgan fingerprint density at radius 3 is 2.00 bits per heavy atom. The van der Waals surface area contributed by atoms with Crippen LogP contribution in [-0.4, -0.2) is 56.0 Å². The first-order chi connectivity index (χ1) is 4.77. The topological polar surface area (TPSA) is 54.4 Å². The van der Waals surface area contributed by atoms with Crippen molar-refractivity contribution in [2.75, 3.05) is 5.38 Å². The van der Waals surface area contributed by atoms with Gasteiger partial charge >= 0.3 is 29.6 Å². The first kappa shape index (κ1) is 15.6. The third kappa shape index (κ3) is 9.22. The molecule has 0 atom stereocenters. The summed E-state index contributed by atoms with van der Waals surface area (Å²) in [7, 11) is -5.42. The molecular formula is C6H17NaO3SSi. The van der Waals surface area contributed by atoms with Crippen LogP contribution in [0.2, 0.25) is 19.1 Å². The summed E-state index contributed by atoms with van der Waals surface area (Å²) in [5, 5.41) is -0.00611. The van der Waals surface area contributed by atoms with Crippen LogP contribution in [0.25, 0.3) is 0 Å². The Morgan fingerprint density at radius 2 is 1.75 bits per heavy atom. The molecule has 0 aliphatic heterocycles. The summed E-state index contributed by atoms with van der Waals surface area (Å²) in [5.74, 6) is 0. The Bertz CT molecular complexity index is 213. The minimum absolute atomic E-state index is 0. The molecule has 0 amide bonds. The first-order valence-electron chi connectivity index (χ1n) is 3.72. The van der Waals surface area contributed by atoms with E-state index in [-0.39, 0.29) is 34.9 Å². The molecule has 0 aliphatic rings. The van der Waals surface area contributed by atoms with Crippen molar-refractivity contribution >= 4 is 47.7 Å². The van der Waals surface area contributed by atoms with Crippen molar-refractivity contribution in [3.8, 4) is 0 Å². The van der Waals surface area contributed by atoms with Gasteiger partial charge in [0, 0.05) is 0 Å². The van der Waals surface area contributed by atoms with Crippen LogP contribution in [0.3, 0.4) is 0 Å². The Morgan fingerprint density at radius 1 is 1.33 bits per heavy atom. The zero-order chi connectivity index (χ0) is 9.12. The molecular weight excluding hydrogens is 203 g/mol. The molecule has 0 aromatic carbocycles. The molecule has 0 aromatic heterocycles. The van der Waals surface area contributed by atoms with E-state index < -0.39 is 18.2 Å². The van der Waals surface area contributed by atoms with Gasteiger partial charge in [-0.05, 0) is 0 Å². The summed E-state index contributed by atoms with van der Waals surface area (Å²) < 4.78 is 29.6. The van der Waals surface area contributed by atoms with Crippen molar-refractivity contribution in [1.82, 2.24) is 0 Å². The fourth-order valence-electron chi connectivity index (χ4n) is 1.24. The summed E-state index contributed by atoms with van der Waals surface area (Å²) in [6.07, 6.45) is 0.995. The molecule has 6 heteroatoms. The first-order valence-corrected chi connectivity index (χ1v) is 8.74. The molecule has 3 nitrogen and oxygen atoms in total. The monoisotopic (exact) mass is 220 g/mol. The third-order valence-electron chi connectivity index (χ3n) is 1.50. The zero-order valence-corrected chi connectivity index (χ0v) is 9.11. The molecule has 0 aromatic rings. The molecule has 0 saturated carbocycles. The summed E-state index contributed by atoms with van der Waals surface area (Å²) in [4.78, 5) is 0. The molecule has 0 spiro atoms. The van der Waals surface area contributed by atoms with Gasteiger partial charge in [0.05, 0.1) is 13.5 Å². The molecule has 0 unspecified atom stereocenters. The quantitative estimate of drug-likeness (QED) is 0.565. The van der Waals surface area contributed by atoms with Gasteiger partial charge in [-0.15, -0.1) is 0 Å². The molecule has 0 bridgehead atoms. The van der Waals surface area contributed by atoms with Gasteiger partial charge in [-0.2, -0.15) is 8.42 Å². The second-order valence-corrected chi connectivity index (χ2v) is 10.8. The van der Waals surface area contributed by atoms with E-state index in [0.717, 1.165) is 12.5 Å². The van der Waals surface area contributed by atoms with Crippen molar-refractivity contribution < 1.29 is 13.0 Å². The van der Waals surface area contributed by atoms with E-state index in [2.05, 4.69) is 0 Å². The van der Waals surface area contributed by atoms with Gasteiger partial charge in [0.2, 0.25) is 0 Å². The Kier molecular flexibility index (Phi) is 7.50. The maximum atomic E-state index is 10.5. The molecule has 0 fully saturated rings. The SMILES string of the molecule is CCC[Si](C)(C)CS(=O)(=O)O.[NaH]. The summed E-state index contributed by atoms with van der Waals surface area (Å²) >= 11 is 0. The number of hydrogen-bond acceptors (Lipinski definition) is 2. The average Bonchev–Trinajstić information content (AvgIpc) is 1.55. The summed E-state index contributed by atoms with van der Waals surface area (Å²) in [5.41, 5.74) is 0. The molecule has 0 heterocycles. The zero-order valence-electron chi connectivity index (χ0n) is 7.29. The van der Waals surface area contributed by atoms with Crippen LogP contribution in [-0.2, 0) is 10.1 Å². The van der Waals surface area contributed by atoms with Crippen molar-refractivity contribution in [2.45, 2.75) is 32.5 Å². The van der Waals surface area contributed by atoms with E-state index in [9.17, 15) is 8.42 Å². The van der Waals surface area contributed by atoms with Gasteiger partial charge in [-0.25, -0.2) is 0 Å². The van der Waals surface area contributed by atoms with Crippen molar-refractivity contribution in [1.29, 1.82) is 0 Å². The van der Waals surface area contributed by atoms with E-state index in [4.69, 9.17) is 4.55 Å². The second kappa shape index (κ2) is 5.77. The van der Waals surface area contributed by atoms with Crippen molar-refractivity contribution in [2.24, 2.45) is 0 Å². The van der Waals surface area contributed by atoms with Gasteiger partial charge < -0.3 is 0 Å². The average molecular weight is 220 g/mol. The summed E-state index contributed by atoms with van der Waals surface area (Å²) in [6.45, 7) is 5.98. The molecule has 70 valence electrons. The molecule has 1 N–H and O–H groups in total. The Hall–Kier alpha value is 1.13. The van der Waals surface area contributed by atoms with Gasteiger partial charge in [0.15, 0.2) is 0 Å². The fraction of sp³-hybridized carbons (Fsp3) is 1.00. The van der Waals surface area contributed by atoms with Crippen LogP contribution >= 0.6 is 0 Å². The van der Waals surface area contributed by atoms with E-state index in [0.29, 0.717) is 0 Å². The van der Waals surface area contributed by atoms with Crippen LogP contribution in [0.5, 0.6) is 0 Å². The van der Waals surface area contributed by atoms with E-state index in [1.807, 2.05) is 20.0 Å². The second-order valence-electron chi connectivity index (χ2n) is 3.64. The van der Waals surface area contributed by atoms with Crippen LogP contribution in [0.4, 0.5) is 0 Å². The van der Waals surface area contributed by atoms with Crippen LogP contribution in [0.15, 0.2) is 0 Å². The van der Waals surface area contributed by atoms with E-state index >= 15 is 0 Å².